The molecule has 0 radical (unpaired) electrons. The number of halogens is 1. The van der Waals surface area contributed by atoms with Crippen molar-refractivity contribution in [2.75, 3.05) is 47.0 Å². The van der Waals surface area contributed by atoms with Gasteiger partial charge in [-0.05, 0) is 68.1 Å². The summed E-state index contributed by atoms with van der Waals surface area (Å²) < 4.78 is 46.5. The van der Waals surface area contributed by atoms with Crippen LogP contribution in [-0.2, 0) is 35.8 Å². The average molecular weight is 941 g/mol. The van der Waals surface area contributed by atoms with Gasteiger partial charge in [0.25, 0.3) is 0 Å². The molecule has 3 aromatic rings. The smallest absolute Gasteiger partial charge is 0.504 e. The van der Waals surface area contributed by atoms with Crippen LogP contribution in [-0.4, -0.2) is 98.1 Å². The van der Waals surface area contributed by atoms with E-state index in [9.17, 15) is 24.8 Å². The Labute approximate surface area is 357 Å². The number of aromatic hydroxyl groups is 1. The summed E-state index contributed by atoms with van der Waals surface area (Å²) in [5, 5.41) is 26.2. The van der Waals surface area contributed by atoms with Crippen molar-refractivity contribution in [3.8, 4) is 46.3 Å². The van der Waals surface area contributed by atoms with Gasteiger partial charge in [0.1, 0.15) is 18.4 Å². The van der Waals surface area contributed by atoms with Gasteiger partial charge in [-0.3, -0.25) is 19.9 Å². The van der Waals surface area contributed by atoms with Crippen molar-refractivity contribution in [3.63, 3.8) is 0 Å². The van der Waals surface area contributed by atoms with Crippen LogP contribution in [0.3, 0.4) is 0 Å². The van der Waals surface area contributed by atoms with Gasteiger partial charge in [-0.25, -0.2) is 9.59 Å². The van der Waals surface area contributed by atoms with E-state index in [4.69, 9.17) is 36.2 Å². The van der Waals surface area contributed by atoms with Crippen LogP contribution in [0.4, 0.5) is 4.79 Å². The first-order valence-electron chi connectivity index (χ1n) is 19.1. The number of phenols is 1. The van der Waals surface area contributed by atoms with E-state index in [0.717, 1.165) is 16.7 Å². The molecule has 2 N–H and O–H groups in total. The lowest BCUT2D eigenvalue weighted by Gasteiger charge is -2.62. The third kappa shape index (κ3) is 5.82. The van der Waals surface area contributed by atoms with Gasteiger partial charge >= 0.3 is 18.1 Å². The molecule has 2 unspecified atom stereocenters. The minimum absolute atomic E-state index is 0.0239. The number of nitrogens with one attached hydrogen (secondary N) is 1. The Morgan fingerprint density at radius 2 is 1.81 bits per heavy atom. The second-order valence-corrected chi connectivity index (χ2v) is 17.1. The van der Waals surface area contributed by atoms with Gasteiger partial charge in [-0.15, -0.1) is 11.8 Å². The van der Waals surface area contributed by atoms with E-state index in [-0.39, 0.29) is 42.4 Å². The van der Waals surface area contributed by atoms with Crippen molar-refractivity contribution >= 4 is 52.9 Å². The van der Waals surface area contributed by atoms with Crippen molar-refractivity contribution < 1.29 is 55.7 Å². The number of benzene rings is 3. The molecule has 59 heavy (non-hydrogen) atoms. The summed E-state index contributed by atoms with van der Waals surface area (Å²) in [5.74, 6) is 0.899. The SMILES string of the molecule is COc1cc2c(cc1OC(=O)OI)CCN[C@]21CS[C@@H]2c3c(OC(C)=O)c(C)c4c(c3[C@H](COC1=O)N1C2C2c3c(cc(C)c(OC)c3O)C[C@H]([C@@H]1C#N)N2C)OCO4. The molecule has 3 aromatic carbocycles. The first-order valence-corrected chi connectivity index (χ1v) is 21.0. The predicted molar refractivity (Wildman–Crippen MR) is 217 cm³/mol. The molecule has 4 bridgehead atoms. The molecule has 7 aliphatic heterocycles. The fourth-order valence-corrected chi connectivity index (χ4v) is 12.1. The number of likely N-dealkylation sites (N-methyl/N-ethyl adjacent to an activating group) is 1. The number of hydrogen-bond donors (Lipinski definition) is 2. The van der Waals surface area contributed by atoms with Crippen LogP contribution < -0.4 is 33.7 Å². The van der Waals surface area contributed by atoms with E-state index in [1.807, 2.05) is 27.0 Å². The van der Waals surface area contributed by atoms with Gasteiger partial charge in [0.05, 0.1) is 37.6 Å². The number of esters is 2. The zero-order valence-corrected chi connectivity index (χ0v) is 36.0. The number of fused-ring (bicyclic) bond motifs is 9. The maximum absolute atomic E-state index is 14.9. The topological polar surface area (TPSA) is 188 Å². The number of hydrogen-bond acceptors (Lipinski definition) is 17. The van der Waals surface area contributed by atoms with Gasteiger partial charge in [0.2, 0.25) is 6.79 Å². The molecule has 7 heterocycles. The standard InChI is InChI=1S/C41H41IN4O12S/c1-17-9-21-10-23-24(13-43)46-25-14-53-39(49)41(22-12-26(51-5)27(57-40(50)58-42)11-20(22)7-8-44-41)15-59-38(32(46)31(45(23)4)28(21)33(48)34(17)52-6)30-29(25)37-36(54-16-55-37)18(2)35(30)56-19(3)47/h9,11-12,23-25,31-32,38,44,48H,7-8,10,14-16H2,1-6H3/t23-,24+,25+,31?,32?,38-,41-/m1/s1. The molecule has 0 aromatic heterocycles. The van der Waals surface area contributed by atoms with Crippen molar-refractivity contribution in [2.45, 2.75) is 74.6 Å². The highest BCUT2D eigenvalue weighted by Crippen LogP contribution is 2.64. The molecule has 10 rings (SSSR count). The Balaban J connectivity index is 1.30. The number of piperazine rings is 1. The Morgan fingerprint density at radius 1 is 1.03 bits per heavy atom. The first kappa shape index (κ1) is 39.8. The van der Waals surface area contributed by atoms with Crippen molar-refractivity contribution in [1.29, 1.82) is 5.26 Å². The zero-order chi connectivity index (χ0) is 41.7. The van der Waals surface area contributed by atoms with E-state index in [0.29, 0.717) is 70.2 Å². The molecule has 310 valence electrons. The molecule has 2 saturated heterocycles. The summed E-state index contributed by atoms with van der Waals surface area (Å²) in [4.78, 5) is 44.4. The van der Waals surface area contributed by atoms with Crippen LogP contribution >= 0.6 is 34.8 Å². The van der Waals surface area contributed by atoms with Gasteiger partial charge in [-0.1, -0.05) is 6.07 Å². The third-order valence-corrected chi connectivity index (χ3v) is 14.5. The Kier molecular flexibility index (Phi) is 9.97. The Hall–Kier alpha value is -4.68. The molecule has 0 amide bonds. The van der Waals surface area contributed by atoms with E-state index in [1.54, 1.807) is 12.1 Å². The van der Waals surface area contributed by atoms with Gasteiger partial charge in [-0.2, -0.15) is 5.26 Å². The van der Waals surface area contributed by atoms with Crippen LogP contribution in [0.15, 0.2) is 18.2 Å². The minimum Gasteiger partial charge on any atom is -0.504 e. The Morgan fingerprint density at radius 3 is 2.53 bits per heavy atom. The number of nitriles is 1. The highest BCUT2D eigenvalue weighted by atomic mass is 127. The number of methoxy groups -OCH3 is 2. The molecule has 18 heteroatoms. The van der Waals surface area contributed by atoms with Gasteiger partial charge in [0, 0.05) is 53.6 Å². The molecule has 0 aliphatic carbocycles. The molecule has 7 atom stereocenters. The van der Waals surface area contributed by atoms with E-state index >= 15 is 0 Å². The number of rotatable bonds is 4. The lowest BCUT2D eigenvalue weighted by molar-refractivity contribution is -0.157. The van der Waals surface area contributed by atoms with Gasteiger partial charge in [0.15, 0.2) is 63.0 Å². The van der Waals surface area contributed by atoms with Crippen molar-refractivity contribution in [3.05, 3.63) is 62.7 Å². The third-order valence-electron chi connectivity index (χ3n) is 12.7. The first-order chi connectivity index (χ1) is 28.4. The average Bonchev–Trinajstić information content (AvgIpc) is 3.71. The van der Waals surface area contributed by atoms with E-state index < -0.39 is 53.1 Å². The number of carbonyl (C=O) groups is 3. The van der Waals surface area contributed by atoms with E-state index in [1.165, 1.54) is 55.9 Å². The van der Waals surface area contributed by atoms with Crippen LogP contribution in [0.25, 0.3) is 0 Å². The van der Waals surface area contributed by atoms with Crippen LogP contribution in [0, 0.1) is 25.2 Å². The second-order valence-electron chi connectivity index (χ2n) is 15.5. The lowest BCUT2D eigenvalue weighted by Crippen LogP contribution is -2.69. The normalized spacial score (nSPS) is 27.6. The van der Waals surface area contributed by atoms with Crippen LogP contribution in [0.1, 0.15) is 68.8 Å². The highest BCUT2D eigenvalue weighted by Gasteiger charge is 2.62. The number of thioether (sulfide) groups is 1. The maximum atomic E-state index is 14.9. The quantitative estimate of drug-likeness (QED) is 0.151. The summed E-state index contributed by atoms with van der Waals surface area (Å²) in [5.41, 5.74) is 4.11. The Bertz CT molecular complexity index is 2370. The number of phenolic OH excluding ortho intramolecular Hbond substituents is 1. The number of aryl methyl sites for hydroxylation is 1. The predicted octanol–water partition coefficient (Wildman–Crippen LogP) is 5.15. The largest absolute Gasteiger partial charge is 0.523 e. The zero-order valence-electron chi connectivity index (χ0n) is 33.0. The number of nitrogens with zero attached hydrogens (tertiary/aromatic N) is 3. The molecular weight excluding hydrogens is 899 g/mol. The van der Waals surface area contributed by atoms with Crippen LogP contribution in [0.2, 0.25) is 0 Å². The van der Waals surface area contributed by atoms with Crippen molar-refractivity contribution in [1.82, 2.24) is 15.1 Å². The summed E-state index contributed by atoms with van der Waals surface area (Å²) in [7, 11) is 4.94. The fraction of sp³-hybridized carbons (Fsp3) is 0.463. The molecular formula is C41H41IN4O12S. The van der Waals surface area contributed by atoms with Gasteiger partial charge < -0.3 is 41.3 Å². The molecule has 1 spiro atoms. The number of carbonyl (C=O) groups excluding carboxylic acids is 3. The molecule has 7 aliphatic rings. The van der Waals surface area contributed by atoms with Crippen LogP contribution in [0.5, 0.6) is 40.2 Å². The highest BCUT2D eigenvalue weighted by molar-refractivity contribution is 14.1. The molecule has 2 fully saturated rings. The fourth-order valence-electron chi connectivity index (χ4n) is 10.4. The number of ether oxygens (including phenoxy) is 7. The second kappa shape index (κ2) is 14.8. The summed E-state index contributed by atoms with van der Waals surface area (Å²) in [6.45, 7) is 5.13. The van der Waals surface area contributed by atoms with Crippen molar-refractivity contribution in [2.24, 2.45) is 0 Å². The summed E-state index contributed by atoms with van der Waals surface area (Å²) >= 11 is 2.89. The summed E-state index contributed by atoms with van der Waals surface area (Å²) in [6, 6.07) is 5.12. The molecule has 0 saturated carbocycles. The maximum Gasteiger partial charge on any atom is 0.523 e. The van der Waals surface area contributed by atoms with E-state index in [2.05, 4.69) is 21.2 Å². The summed E-state index contributed by atoms with van der Waals surface area (Å²) in [6.07, 6.45) is 0.0317. The monoisotopic (exact) mass is 940 g/mol. The minimum atomic E-state index is -1.44. The lowest BCUT2D eigenvalue weighted by atomic mass is 9.71. The molecule has 16 nitrogen and oxygen atoms in total.